The lowest BCUT2D eigenvalue weighted by Gasteiger charge is -2.31. The fourth-order valence-electron chi connectivity index (χ4n) is 3.47. The number of carbonyl (C=O) groups excluding carboxylic acids is 2. The molecule has 0 spiro atoms. The molecule has 0 aliphatic heterocycles. The summed E-state index contributed by atoms with van der Waals surface area (Å²) in [5.74, 6) is -2.08. The quantitative estimate of drug-likeness (QED) is 0.160. The number of amides is 2. The summed E-state index contributed by atoms with van der Waals surface area (Å²) in [6, 6.07) is 15.8. The van der Waals surface area contributed by atoms with Crippen LogP contribution in [0, 0.1) is 0 Å². The van der Waals surface area contributed by atoms with Gasteiger partial charge in [-0.3, -0.25) is 14.6 Å². The van der Waals surface area contributed by atoms with E-state index in [-0.39, 0.29) is 44.3 Å². The van der Waals surface area contributed by atoms with Crippen molar-refractivity contribution in [2.24, 2.45) is 22.2 Å². The number of benzene rings is 2. The number of carboxylic acids is 1. The molecular weight excluding hydrogens is 436 g/mol. The molecule has 0 unspecified atom stereocenters. The van der Waals surface area contributed by atoms with Crippen molar-refractivity contribution in [1.29, 1.82) is 0 Å². The molecule has 0 bridgehead atoms. The number of hydrogen-bond acceptors (Lipinski definition) is 5. The zero-order valence-corrected chi connectivity index (χ0v) is 19.0. The molecule has 34 heavy (non-hydrogen) atoms. The fourth-order valence-corrected chi connectivity index (χ4v) is 3.47. The lowest BCUT2D eigenvalue weighted by atomic mass is 10.0. The minimum atomic E-state index is -1.17. The zero-order valence-electron chi connectivity index (χ0n) is 19.0. The van der Waals surface area contributed by atoms with Crippen LogP contribution in [0.3, 0.4) is 0 Å². The van der Waals surface area contributed by atoms with Gasteiger partial charge in [-0.1, -0.05) is 48.5 Å². The smallest absolute Gasteiger partial charge is 0.326 e. The van der Waals surface area contributed by atoms with Crippen molar-refractivity contribution < 1.29 is 19.5 Å². The first-order chi connectivity index (χ1) is 16.3. The van der Waals surface area contributed by atoms with Gasteiger partial charge < -0.3 is 32.5 Å². The highest BCUT2D eigenvalue weighted by Crippen LogP contribution is 2.12. The number of carboxylic acid groups (broad SMARTS) is 1. The van der Waals surface area contributed by atoms with Gasteiger partial charge in [-0.25, -0.2) is 4.79 Å². The molecule has 10 nitrogen and oxygen atoms in total. The highest BCUT2D eigenvalue weighted by atomic mass is 16.4. The van der Waals surface area contributed by atoms with Gasteiger partial charge >= 0.3 is 5.97 Å². The average Bonchev–Trinajstić information content (AvgIpc) is 2.82. The fraction of sp³-hybridized carbons (Fsp3) is 0.333. The molecule has 0 heterocycles. The monoisotopic (exact) mass is 468 g/mol. The first kappa shape index (κ1) is 26.3. The Balaban J connectivity index is 2.12. The van der Waals surface area contributed by atoms with E-state index in [2.05, 4.69) is 10.3 Å². The van der Waals surface area contributed by atoms with Crippen LogP contribution in [0.15, 0.2) is 65.7 Å². The molecule has 2 aromatic rings. The largest absolute Gasteiger partial charge is 0.480 e. The Morgan fingerprint density at radius 3 is 2.21 bits per heavy atom. The van der Waals surface area contributed by atoms with E-state index in [1.54, 1.807) is 30.3 Å². The van der Waals surface area contributed by atoms with E-state index in [1.807, 2.05) is 30.3 Å². The van der Waals surface area contributed by atoms with Crippen molar-refractivity contribution in [2.75, 3.05) is 19.6 Å². The van der Waals surface area contributed by atoms with Gasteiger partial charge in [0, 0.05) is 25.2 Å². The van der Waals surface area contributed by atoms with Crippen LogP contribution in [-0.4, -0.2) is 65.5 Å². The summed E-state index contributed by atoms with van der Waals surface area (Å²) in [5, 5.41) is 12.6. The number of nitrogens with one attached hydrogen (secondary N) is 1. The van der Waals surface area contributed by atoms with Crippen molar-refractivity contribution in [1.82, 2.24) is 10.2 Å². The number of rotatable bonds is 13. The summed E-state index contributed by atoms with van der Waals surface area (Å²) in [5.41, 5.74) is 18.2. The first-order valence-corrected chi connectivity index (χ1v) is 11.0. The molecule has 0 saturated heterocycles. The molecular formula is C24H32N6O4. The standard InChI is InChI=1S/C24H32N6O4/c25-19(16-17-8-3-1-4-9-17)22(32)30(20(23(33)34)12-7-13-29-24(26)27)15-14-28-21(31)18-10-5-2-6-11-18/h1-6,8-11,19-20H,7,12-16,25H2,(H,28,31)(H,33,34)(H4,26,27,29)/t19-,20-/m0/s1. The third-order valence-corrected chi connectivity index (χ3v) is 5.16. The third kappa shape index (κ3) is 8.55. The molecule has 0 fully saturated rings. The molecule has 2 aromatic carbocycles. The Labute approximate surface area is 198 Å². The normalized spacial score (nSPS) is 12.3. The minimum absolute atomic E-state index is 0.0147. The molecule has 0 saturated carbocycles. The second-order valence-corrected chi connectivity index (χ2v) is 7.75. The summed E-state index contributed by atoms with van der Waals surface area (Å²) in [4.78, 5) is 42.7. The molecule has 2 atom stereocenters. The Morgan fingerprint density at radius 1 is 1.00 bits per heavy atom. The zero-order chi connectivity index (χ0) is 24.9. The highest BCUT2D eigenvalue weighted by Gasteiger charge is 2.32. The summed E-state index contributed by atoms with van der Waals surface area (Å²) in [6.07, 6.45) is 0.734. The second kappa shape index (κ2) is 13.6. The van der Waals surface area contributed by atoms with Gasteiger partial charge in [0.1, 0.15) is 6.04 Å². The lowest BCUT2D eigenvalue weighted by Crippen LogP contribution is -2.54. The lowest BCUT2D eigenvalue weighted by molar-refractivity contribution is -0.151. The van der Waals surface area contributed by atoms with Gasteiger partial charge in [0.2, 0.25) is 5.91 Å². The number of hydrogen-bond donors (Lipinski definition) is 5. The van der Waals surface area contributed by atoms with Crippen molar-refractivity contribution in [3.05, 3.63) is 71.8 Å². The van der Waals surface area contributed by atoms with Gasteiger partial charge in [-0.15, -0.1) is 0 Å². The van der Waals surface area contributed by atoms with Crippen LogP contribution in [0.25, 0.3) is 0 Å². The van der Waals surface area contributed by atoms with E-state index < -0.39 is 24.0 Å². The molecule has 182 valence electrons. The van der Waals surface area contributed by atoms with Crippen LogP contribution < -0.4 is 22.5 Å². The number of guanidine groups is 1. The summed E-state index contributed by atoms with van der Waals surface area (Å²) in [7, 11) is 0. The van der Waals surface area contributed by atoms with E-state index in [1.165, 1.54) is 4.90 Å². The van der Waals surface area contributed by atoms with Crippen LogP contribution in [0.1, 0.15) is 28.8 Å². The molecule has 0 radical (unpaired) electrons. The van der Waals surface area contributed by atoms with Crippen molar-refractivity contribution in [3.8, 4) is 0 Å². The maximum Gasteiger partial charge on any atom is 0.326 e. The van der Waals surface area contributed by atoms with E-state index in [4.69, 9.17) is 17.2 Å². The van der Waals surface area contributed by atoms with Crippen LogP contribution in [0.4, 0.5) is 0 Å². The SMILES string of the molecule is NC(N)=NCCC[C@@H](C(=O)O)N(CCNC(=O)c1ccccc1)C(=O)[C@@H](N)Cc1ccccc1. The van der Waals surface area contributed by atoms with Crippen molar-refractivity contribution in [3.63, 3.8) is 0 Å². The number of nitrogens with zero attached hydrogens (tertiary/aromatic N) is 2. The topological polar surface area (TPSA) is 177 Å². The van der Waals surface area contributed by atoms with Crippen LogP contribution in [-0.2, 0) is 16.0 Å². The van der Waals surface area contributed by atoms with Gasteiger partial charge in [0.25, 0.3) is 5.91 Å². The van der Waals surface area contributed by atoms with Crippen LogP contribution in [0.5, 0.6) is 0 Å². The molecule has 0 aliphatic rings. The van der Waals surface area contributed by atoms with Crippen LogP contribution in [0.2, 0.25) is 0 Å². The predicted molar refractivity (Wildman–Crippen MR) is 130 cm³/mol. The molecule has 0 aliphatic carbocycles. The minimum Gasteiger partial charge on any atom is -0.480 e. The van der Waals surface area contributed by atoms with E-state index >= 15 is 0 Å². The van der Waals surface area contributed by atoms with Gasteiger partial charge in [0.05, 0.1) is 6.04 Å². The van der Waals surface area contributed by atoms with Crippen molar-refractivity contribution in [2.45, 2.75) is 31.3 Å². The number of carbonyl (C=O) groups is 3. The van der Waals surface area contributed by atoms with Crippen LogP contribution >= 0.6 is 0 Å². The number of nitrogens with two attached hydrogens (primary N) is 3. The number of aliphatic carboxylic acids is 1. The molecule has 10 heteroatoms. The van der Waals surface area contributed by atoms with E-state index in [0.717, 1.165) is 5.56 Å². The summed E-state index contributed by atoms with van der Waals surface area (Å²) < 4.78 is 0. The van der Waals surface area contributed by atoms with E-state index in [9.17, 15) is 19.5 Å². The Kier molecular flexibility index (Phi) is 10.5. The van der Waals surface area contributed by atoms with Gasteiger partial charge in [-0.05, 0) is 37.0 Å². The van der Waals surface area contributed by atoms with E-state index in [0.29, 0.717) is 12.0 Å². The average molecular weight is 469 g/mol. The van der Waals surface area contributed by atoms with Gasteiger partial charge in [0.15, 0.2) is 5.96 Å². The highest BCUT2D eigenvalue weighted by molar-refractivity contribution is 5.94. The predicted octanol–water partition coefficient (Wildman–Crippen LogP) is 0.322. The molecule has 2 amide bonds. The third-order valence-electron chi connectivity index (χ3n) is 5.16. The Morgan fingerprint density at radius 2 is 1.62 bits per heavy atom. The second-order valence-electron chi connectivity index (χ2n) is 7.75. The summed E-state index contributed by atoms with van der Waals surface area (Å²) in [6.45, 7) is 0.281. The molecule has 0 aromatic heterocycles. The maximum atomic E-state index is 13.2. The number of aliphatic imine (C=N–C) groups is 1. The van der Waals surface area contributed by atoms with Crippen molar-refractivity contribution >= 4 is 23.7 Å². The summed E-state index contributed by atoms with van der Waals surface area (Å²) >= 11 is 0. The molecule has 8 N–H and O–H groups in total. The van der Waals surface area contributed by atoms with Gasteiger partial charge in [-0.2, -0.15) is 0 Å². The maximum absolute atomic E-state index is 13.2. The molecule has 2 rings (SSSR count). The Hall–Kier alpha value is -3.92. The first-order valence-electron chi connectivity index (χ1n) is 11.0. The Bertz CT molecular complexity index is 964.